The third kappa shape index (κ3) is 3.08. The van der Waals surface area contributed by atoms with Crippen LogP contribution in [0.5, 0.6) is 0 Å². The number of pyridine rings is 1. The molecule has 2 heterocycles. The van der Waals surface area contributed by atoms with Gasteiger partial charge in [-0.15, -0.1) is 0 Å². The minimum absolute atomic E-state index is 0.00610. The molecule has 0 aliphatic rings. The third-order valence-electron chi connectivity index (χ3n) is 5.28. The lowest BCUT2D eigenvalue weighted by Gasteiger charge is -2.12. The maximum Gasteiger partial charge on any atom is 0.258 e. The molecule has 30 heavy (non-hydrogen) atoms. The van der Waals surface area contributed by atoms with Gasteiger partial charge in [0.2, 0.25) is 0 Å². The van der Waals surface area contributed by atoms with Gasteiger partial charge in [-0.1, -0.05) is 60.5 Å². The summed E-state index contributed by atoms with van der Waals surface area (Å²) in [6, 6.07) is 24.1. The van der Waals surface area contributed by atoms with Gasteiger partial charge >= 0.3 is 0 Å². The fourth-order valence-electron chi connectivity index (χ4n) is 3.91. The van der Waals surface area contributed by atoms with Crippen molar-refractivity contribution in [2.75, 3.05) is 11.0 Å². The number of benzene rings is 3. The molecular formula is C25H20N2O2S. The Morgan fingerprint density at radius 2 is 1.63 bits per heavy atom. The van der Waals surface area contributed by atoms with Gasteiger partial charge in [0, 0.05) is 52.7 Å². The summed E-state index contributed by atoms with van der Waals surface area (Å²) in [5, 5.41) is 2.63. The first-order valence-electron chi connectivity index (χ1n) is 9.66. The highest BCUT2D eigenvalue weighted by atomic mass is 32.2. The summed E-state index contributed by atoms with van der Waals surface area (Å²) < 4.78 is 11.3. The summed E-state index contributed by atoms with van der Waals surface area (Å²) in [4.78, 5) is 12.7. The Balaban J connectivity index is 1.84. The van der Waals surface area contributed by atoms with Crippen LogP contribution in [0.2, 0.25) is 0 Å². The average Bonchev–Trinajstić information content (AvgIpc) is 3.21. The molecule has 0 fully saturated rings. The van der Waals surface area contributed by atoms with Gasteiger partial charge < -0.3 is 13.7 Å². The van der Waals surface area contributed by atoms with Gasteiger partial charge in [-0.25, -0.2) is 0 Å². The van der Waals surface area contributed by atoms with E-state index in [4.69, 9.17) is 4.42 Å². The van der Waals surface area contributed by atoms with Crippen LogP contribution in [0.25, 0.3) is 44.2 Å². The van der Waals surface area contributed by atoms with Crippen molar-refractivity contribution in [3.8, 4) is 22.5 Å². The second-order valence-corrected chi connectivity index (χ2v) is 7.84. The van der Waals surface area contributed by atoms with Crippen molar-refractivity contribution >= 4 is 39.4 Å². The van der Waals surface area contributed by atoms with Crippen LogP contribution in [0, 0.1) is 0 Å². The van der Waals surface area contributed by atoms with Crippen molar-refractivity contribution in [3.05, 3.63) is 89.3 Å². The number of anilines is 1. The SMILES string of the molecule is CSNc1cc(-c2cn(C)c(=O)c3ccccc23)c2oc(-c3ccccc3)cc2c1. The first kappa shape index (κ1) is 18.6. The molecule has 0 aliphatic heterocycles. The Bertz CT molecular complexity index is 1430. The summed E-state index contributed by atoms with van der Waals surface area (Å²) in [5.41, 5.74) is 4.75. The number of rotatable bonds is 4. The Morgan fingerprint density at radius 3 is 2.40 bits per heavy atom. The largest absolute Gasteiger partial charge is 0.455 e. The predicted molar refractivity (Wildman–Crippen MR) is 127 cm³/mol. The molecular weight excluding hydrogens is 392 g/mol. The second-order valence-electron chi connectivity index (χ2n) is 7.23. The van der Waals surface area contributed by atoms with Gasteiger partial charge in [0.1, 0.15) is 11.3 Å². The van der Waals surface area contributed by atoms with E-state index < -0.39 is 0 Å². The standard InChI is InChI=1S/C25H20N2O2S/c1-27-15-22(19-10-6-7-11-20(19)25(27)28)21-14-18(26-30-2)12-17-13-23(29-24(17)21)16-8-4-3-5-9-16/h3-15,26H,1-2H3. The van der Waals surface area contributed by atoms with Gasteiger partial charge in [0.25, 0.3) is 5.56 Å². The van der Waals surface area contributed by atoms with Crippen LogP contribution >= 0.6 is 11.9 Å². The van der Waals surface area contributed by atoms with Gasteiger partial charge in [0.05, 0.1) is 0 Å². The van der Waals surface area contributed by atoms with Gasteiger partial charge in [0.15, 0.2) is 0 Å². The molecule has 0 unspecified atom stereocenters. The molecule has 5 heteroatoms. The number of furan rings is 1. The maximum atomic E-state index is 12.7. The first-order valence-corrected chi connectivity index (χ1v) is 10.9. The second kappa shape index (κ2) is 7.43. The highest BCUT2D eigenvalue weighted by Gasteiger charge is 2.17. The molecule has 4 nitrogen and oxygen atoms in total. The van der Waals surface area contributed by atoms with Crippen molar-refractivity contribution in [1.29, 1.82) is 0 Å². The number of fused-ring (bicyclic) bond motifs is 2. The molecule has 2 aromatic heterocycles. The quantitative estimate of drug-likeness (QED) is 0.352. The highest BCUT2D eigenvalue weighted by molar-refractivity contribution is 7.99. The summed E-state index contributed by atoms with van der Waals surface area (Å²) in [6.45, 7) is 0. The molecule has 0 saturated carbocycles. The summed E-state index contributed by atoms with van der Waals surface area (Å²) in [6.07, 6.45) is 3.89. The minimum Gasteiger partial charge on any atom is -0.455 e. The summed E-state index contributed by atoms with van der Waals surface area (Å²) in [5.74, 6) is 0.822. The van der Waals surface area contributed by atoms with Crippen molar-refractivity contribution in [1.82, 2.24) is 4.57 Å². The van der Waals surface area contributed by atoms with E-state index in [2.05, 4.69) is 22.9 Å². The Kier molecular flexibility index (Phi) is 4.60. The summed E-state index contributed by atoms with van der Waals surface area (Å²) >= 11 is 1.54. The zero-order chi connectivity index (χ0) is 20.7. The zero-order valence-electron chi connectivity index (χ0n) is 16.7. The topological polar surface area (TPSA) is 47.2 Å². The number of hydrogen-bond donors (Lipinski definition) is 1. The number of aromatic nitrogens is 1. The predicted octanol–water partition coefficient (Wildman–Crippen LogP) is 6.31. The minimum atomic E-state index is -0.00610. The van der Waals surface area contributed by atoms with Crippen LogP contribution in [-0.4, -0.2) is 10.8 Å². The van der Waals surface area contributed by atoms with Gasteiger partial charge in [-0.2, -0.15) is 0 Å². The van der Waals surface area contributed by atoms with E-state index in [0.29, 0.717) is 5.39 Å². The number of nitrogens with one attached hydrogen (secondary N) is 1. The van der Waals surface area contributed by atoms with Crippen molar-refractivity contribution in [3.63, 3.8) is 0 Å². The molecule has 0 amide bonds. The number of nitrogens with zero attached hydrogens (tertiary/aromatic N) is 1. The highest BCUT2D eigenvalue weighted by Crippen LogP contribution is 2.39. The molecule has 5 rings (SSSR count). The fraction of sp³-hybridized carbons (Fsp3) is 0.0800. The maximum absolute atomic E-state index is 12.7. The lowest BCUT2D eigenvalue weighted by Crippen LogP contribution is -2.16. The van der Waals surface area contributed by atoms with Crippen LogP contribution in [0.1, 0.15) is 0 Å². The van der Waals surface area contributed by atoms with Crippen LogP contribution in [0.4, 0.5) is 5.69 Å². The van der Waals surface area contributed by atoms with E-state index in [9.17, 15) is 4.79 Å². The molecule has 0 radical (unpaired) electrons. The number of aryl methyl sites for hydroxylation is 1. The zero-order valence-corrected chi connectivity index (χ0v) is 17.5. The monoisotopic (exact) mass is 412 g/mol. The molecule has 0 bridgehead atoms. The average molecular weight is 413 g/mol. The van der Waals surface area contributed by atoms with Crippen LogP contribution in [0.15, 0.2) is 88.2 Å². The molecule has 3 aromatic carbocycles. The van der Waals surface area contributed by atoms with E-state index >= 15 is 0 Å². The normalized spacial score (nSPS) is 11.3. The Hall–Kier alpha value is -3.44. The molecule has 0 atom stereocenters. The molecule has 0 aliphatic carbocycles. The smallest absolute Gasteiger partial charge is 0.258 e. The molecule has 0 spiro atoms. The lowest BCUT2D eigenvalue weighted by atomic mass is 9.98. The van der Waals surface area contributed by atoms with Crippen molar-refractivity contribution in [2.45, 2.75) is 0 Å². The molecule has 5 aromatic rings. The van der Waals surface area contributed by atoms with Gasteiger partial charge in [-0.05, 0) is 29.7 Å². The third-order valence-corrected chi connectivity index (χ3v) is 5.72. The fourth-order valence-corrected chi connectivity index (χ4v) is 4.26. The lowest BCUT2D eigenvalue weighted by molar-refractivity contribution is 0.632. The van der Waals surface area contributed by atoms with Crippen LogP contribution in [-0.2, 0) is 7.05 Å². The molecule has 0 saturated heterocycles. The van der Waals surface area contributed by atoms with E-state index in [0.717, 1.165) is 44.5 Å². The van der Waals surface area contributed by atoms with E-state index in [1.165, 1.54) is 0 Å². The van der Waals surface area contributed by atoms with E-state index in [-0.39, 0.29) is 5.56 Å². The van der Waals surface area contributed by atoms with E-state index in [1.54, 1.807) is 23.6 Å². The van der Waals surface area contributed by atoms with Crippen LogP contribution in [0.3, 0.4) is 0 Å². The first-order chi connectivity index (χ1) is 14.7. The van der Waals surface area contributed by atoms with Crippen molar-refractivity contribution in [2.24, 2.45) is 7.05 Å². The van der Waals surface area contributed by atoms with Crippen LogP contribution < -0.4 is 10.3 Å². The molecule has 148 valence electrons. The van der Waals surface area contributed by atoms with Crippen molar-refractivity contribution < 1.29 is 4.42 Å². The summed E-state index contributed by atoms with van der Waals surface area (Å²) in [7, 11) is 1.79. The Morgan fingerprint density at radius 1 is 0.900 bits per heavy atom. The molecule has 1 N–H and O–H groups in total. The Labute approximate surface area is 178 Å². The number of hydrogen-bond acceptors (Lipinski definition) is 4. The van der Waals surface area contributed by atoms with E-state index in [1.807, 2.05) is 67.0 Å². The van der Waals surface area contributed by atoms with Gasteiger partial charge in [-0.3, -0.25) is 4.79 Å².